The van der Waals surface area contributed by atoms with Crippen molar-refractivity contribution in [1.29, 1.82) is 0 Å². The first-order chi connectivity index (χ1) is 13.7. The van der Waals surface area contributed by atoms with Crippen molar-refractivity contribution < 1.29 is 13.2 Å². The predicted molar refractivity (Wildman–Crippen MR) is 109 cm³/mol. The molecule has 11 heteroatoms. The van der Waals surface area contributed by atoms with Crippen LogP contribution in [-0.2, 0) is 15.4 Å². The molecule has 1 aliphatic rings. The standard InChI is InChI=1S/C18H19ClN6O3S/c19-15-9-13(22-7-8-29(21,27)28)17-23-10-14(25(17)24-15)18(5-6-18)12-3-1-11(2-4-12)16(20)26/h1-4,9-10,22H,5-8H2,(H2,20,26)(H2,21,27,28). The van der Waals surface area contributed by atoms with Gasteiger partial charge >= 0.3 is 0 Å². The zero-order valence-electron chi connectivity index (χ0n) is 15.3. The van der Waals surface area contributed by atoms with E-state index in [-0.39, 0.29) is 22.9 Å². The van der Waals surface area contributed by atoms with Crippen molar-refractivity contribution in [3.63, 3.8) is 0 Å². The topological polar surface area (TPSA) is 145 Å². The Hall–Kier alpha value is -2.69. The molecule has 0 aliphatic heterocycles. The number of rotatable bonds is 7. The Bertz CT molecular complexity index is 1200. The third-order valence-electron chi connectivity index (χ3n) is 5.10. The van der Waals surface area contributed by atoms with Crippen LogP contribution < -0.4 is 16.2 Å². The van der Waals surface area contributed by atoms with Crippen LogP contribution in [0.5, 0.6) is 0 Å². The van der Waals surface area contributed by atoms with E-state index in [1.165, 1.54) is 0 Å². The summed E-state index contributed by atoms with van der Waals surface area (Å²) in [5.74, 6) is -0.692. The predicted octanol–water partition coefficient (Wildman–Crippen LogP) is 1.26. The number of nitrogens with zero attached hydrogens (tertiary/aromatic N) is 3. The summed E-state index contributed by atoms with van der Waals surface area (Å²) in [5, 5.41) is 12.7. The van der Waals surface area contributed by atoms with Gasteiger partial charge in [-0.25, -0.2) is 23.1 Å². The van der Waals surface area contributed by atoms with Crippen molar-refractivity contribution in [1.82, 2.24) is 14.6 Å². The molecule has 0 bridgehead atoms. The van der Waals surface area contributed by atoms with Crippen LogP contribution >= 0.6 is 11.6 Å². The third-order valence-corrected chi connectivity index (χ3v) is 6.06. The monoisotopic (exact) mass is 434 g/mol. The van der Waals surface area contributed by atoms with E-state index in [9.17, 15) is 13.2 Å². The number of halogens is 1. The Morgan fingerprint density at radius 2 is 1.97 bits per heavy atom. The van der Waals surface area contributed by atoms with Crippen LogP contribution in [0.25, 0.3) is 5.65 Å². The molecule has 29 heavy (non-hydrogen) atoms. The molecule has 0 unspecified atom stereocenters. The molecule has 0 atom stereocenters. The van der Waals surface area contributed by atoms with Crippen molar-refractivity contribution in [2.24, 2.45) is 10.9 Å². The first-order valence-corrected chi connectivity index (χ1v) is 11.0. The quantitative estimate of drug-likeness (QED) is 0.510. The number of primary amides is 1. The summed E-state index contributed by atoms with van der Waals surface area (Å²) >= 11 is 6.20. The third kappa shape index (κ3) is 3.78. The number of hydrogen-bond donors (Lipinski definition) is 3. The minimum atomic E-state index is -3.58. The summed E-state index contributed by atoms with van der Waals surface area (Å²) in [6.07, 6.45) is 3.55. The summed E-state index contributed by atoms with van der Waals surface area (Å²) in [7, 11) is -3.58. The fraction of sp³-hybridized carbons (Fsp3) is 0.278. The van der Waals surface area contributed by atoms with Gasteiger partial charge in [0.1, 0.15) is 0 Å². The first kappa shape index (κ1) is 19.6. The molecule has 9 nitrogen and oxygen atoms in total. The van der Waals surface area contributed by atoms with Gasteiger partial charge in [-0.1, -0.05) is 23.7 Å². The van der Waals surface area contributed by atoms with Crippen LogP contribution in [0.3, 0.4) is 0 Å². The van der Waals surface area contributed by atoms with Gasteiger partial charge in [0.2, 0.25) is 15.9 Å². The van der Waals surface area contributed by atoms with Crippen LogP contribution in [-0.4, -0.2) is 41.2 Å². The number of nitrogens with one attached hydrogen (secondary N) is 1. The maximum absolute atomic E-state index is 11.3. The van der Waals surface area contributed by atoms with Crippen molar-refractivity contribution in [3.8, 4) is 0 Å². The summed E-state index contributed by atoms with van der Waals surface area (Å²) < 4.78 is 24.0. The molecule has 152 valence electrons. The van der Waals surface area contributed by atoms with Crippen molar-refractivity contribution >= 4 is 38.9 Å². The minimum Gasteiger partial charge on any atom is -0.381 e. The molecular weight excluding hydrogens is 416 g/mol. The maximum Gasteiger partial charge on any atom is 0.248 e. The lowest BCUT2D eigenvalue weighted by atomic mass is 9.92. The molecule has 5 N–H and O–H groups in total. The van der Waals surface area contributed by atoms with E-state index < -0.39 is 15.9 Å². The fourth-order valence-corrected chi connectivity index (χ4v) is 4.07. The van der Waals surface area contributed by atoms with Crippen molar-refractivity contribution in [2.45, 2.75) is 18.3 Å². The van der Waals surface area contributed by atoms with Crippen LogP contribution in [0, 0.1) is 0 Å². The number of hydrogen-bond acceptors (Lipinski definition) is 6. The normalized spacial score (nSPS) is 15.4. The summed E-state index contributed by atoms with van der Waals surface area (Å²) in [5.41, 5.74) is 8.52. The van der Waals surface area contributed by atoms with E-state index >= 15 is 0 Å². The van der Waals surface area contributed by atoms with Gasteiger partial charge in [-0.3, -0.25) is 4.79 Å². The summed E-state index contributed by atoms with van der Waals surface area (Å²) in [6, 6.07) is 8.80. The van der Waals surface area contributed by atoms with Gasteiger partial charge in [-0.2, -0.15) is 5.10 Å². The van der Waals surface area contributed by atoms with Crippen molar-refractivity contribution in [2.75, 3.05) is 17.6 Å². The van der Waals surface area contributed by atoms with Gasteiger partial charge in [0.15, 0.2) is 10.8 Å². The maximum atomic E-state index is 11.3. The highest BCUT2D eigenvalue weighted by molar-refractivity contribution is 7.89. The zero-order valence-corrected chi connectivity index (χ0v) is 16.9. The molecule has 0 saturated heterocycles. The Balaban J connectivity index is 1.71. The van der Waals surface area contributed by atoms with Crippen LogP contribution in [0.15, 0.2) is 36.5 Å². The van der Waals surface area contributed by atoms with Gasteiger partial charge in [0.25, 0.3) is 0 Å². The number of primary sulfonamides is 1. The molecule has 3 aromatic rings. The molecule has 4 rings (SSSR count). The summed E-state index contributed by atoms with van der Waals surface area (Å²) in [4.78, 5) is 15.8. The molecule has 1 amide bonds. The smallest absolute Gasteiger partial charge is 0.248 e. The van der Waals surface area contributed by atoms with Gasteiger partial charge in [-0.05, 0) is 30.5 Å². The molecule has 1 fully saturated rings. The van der Waals surface area contributed by atoms with Crippen LogP contribution in [0.2, 0.25) is 5.15 Å². The van der Waals surface area contributed by atoms with Crippen LogP contribution in [0.4, 0.5) is 5.69 Å². The van der Waals surface area contributed by atoms with E-state index in [4.69, 9.17) is 22.5 Å². The SMILES string of the molecule is NC(=O)c1ccc(C2(c3cnc4c(NCCS(N)(=O)=O)cc(Cl)nn34)CC2)cc1. The number of anilines is 1. The minimum absolute atomic E-state index is 0.122. The average molecular weight is 435 g/mol. The van der Waals surface area contributed by atoms with E-state index in [1.54, 1.807) is 28.9 Å². The highest BCUT2D eigenvalue weighted by atomic mass is 35.5. The Morgan fingerprint density at radius 1 is 1.28 bits per heavy atom. The number of carbonyl (C=O) groups excluding carboxylic acids is 1. The van der Waals surface area contributed by atoms with Gasteiger partial charge < -0.3 is 11.1 Å². The number of sulfonamides is 1. The molecule has 1 aliphatic carbocycles. The fourth-order valence-electron chi connectivity index (χ4n) is 3.49. The molecule has 1 aromatic carbocycles. The summed E-state index contributed by atoms with van der Waals surface area (Å²) in [6.45, 7) is 0.122. The second kappa shape index (κ2) is 6.97. The number of amides is 1. The lowest BCUT2D eigenvalue weighted by molar-refractivity contribution is 0.1000. The van der Waals surface area contributed by atoms with Gasteiger partial charge in [-0.15, -0.1) is 0 Å². The lowest BCUT2D eigenvalue weighted by Gasteiger charge is -2.16. The lowest BCUT2D eigenvalue weighted by Crippen LogP contribution is -2.22. The highest BCUT2D eigenvalue weighted by Crippen LogP contribution is 2.53. The Kier molecular flexibility index (Phi) is 4.72. The van der Waals surface area contributed by atoms with E-state index in [1.807, 2.05) is 12.1 Å². The van der Waals surface area contributed by atoms with Crippen LogP contribution in [0.1, 0.15) is 34.5 Å². The number of benzene rings is 1. The van der Waals surface area contributed by atoms with Gasteiger partial charge in [0.05, 0.1) is 23.3 Å². The Morgan fingerprint density at radius 3 is 2.55 bits per heavy atom. The molecule has 0 radical (unpaired) electrons. The van der Waals surface area contributed by atoms with Crippen molar-refractivity contribution in [3.05, 3.63) is 58.5 Å². The molecular formula is C18H19ClN6O3S. The number of aromatic nitrogens is 3. The average Bonchev–Trinajstić information content (AvgIpc) is 3.34. The van der Waals surface area contributed by atoms with Gasteiger partial charge in [0, 0.05) is 23.6 Å². The molecule has 2 aromatic heterocycles. The second-order valence-corrected chi connectivity index (χ2v) is 9.20. The number of fused-ring (bicyclic) bond motifs is 1. The Labute approximate surface area is 172 Å². The molecule has 1 saturated carbocycles. The number of carbonyl (C=O) groups is 1. The largest absolute Gasteiger partial charge is 0.381 e. The zero-order chi connectivity index (χ0) is 20.8. The van der Waals surface area contributed by atoms with E-state index in [0.717, 1.165) is 24.1 Å². The van der Waals surface area contributed by atoms with E-state index in [0.29, 0.717) is 16.9 Å². The number of imidazole rings is 1. The molecule has 2 heterocycles. The van der Waals surface area contributed by atoms with E-state index in [2.05, 4.69) is 15.4 Å². The first-order valence-electron chi connectivity index (χ1n) is 8.89. The highest BCUT2D eigenvalue weighted by Gasteiger charge is 2.48. The second-order valence-electron chi connectivity index (χ2n) is 7.08. The number of nitrogens with two attached hydrogens (primary N) is 2. The molecule has 0 spiro atoms.